The molecule has 59 heavy (non-hydrogen) atoms. The Kier molecular flexibility index (Phi) is 19.5. The average molecular weight is 860 g/mol. The number of rotatable bonds is 14. The van der Waals surface area contributed by atoms with Crippen molar-refractivity contribution < 1.29 is 47.4 Å². The van der Waals surface area contributed by atoms with Crippen molar-refractivity contribution in [3.05, 3.63) is 100 Å². The van der Waals surface area contributed by atoms with Gasteiger partial charge in [-0.1, -0.05) is 48.6 Å². The van der Waals surface area contributed by atoms with Gasteiger partial charge in [0.1, 0.15) is 43.2 Å². The third-order valence-electron chi connectivity index (χ3n) is 11.4. The van der Waals surface area contributed by atoms with E-state index in [9.17, 15) is 0 Å². The lowest BCUT2D eigenvalue weighted by Crippen LogP contribution is -2.44. The Labute approximate surface area is 361 Å². The van der Waals surface area contributed by atoms with E-state index in [-0.39, 0.29) is 29.8 Å². The maximum atomic E-state index is 7.52. The maximum absolute atomic E-state index is 7.52. The lowest BCUT2D eigenvalue weighted by molar-refractivity contribution is -0.0495. The van der Waals surface area contributed by atoms with E-state index in [1.165, 1.54) is 0 Å². The molecule has 0 spiro atoms. The molecular formula is C47H64Cl2O10. The van der Waals surface area contributed by atoms with E-state index in [2.05, 4.69) is 56.0 Å². The van der Waals surface area contributed by atoms with Crippen LogP contribution in [0.5, 0.6) is 5.75 Å². The monoisotopic (exact) mass is 858 g/mol. The van der Waals surface area contributed by atoms with Crippen LogP contribution in [0.25, 0.3) is 0 Å². The molecule has 1 aromatic rings. The predicted octanol–water partition coefficient (Wildman–Crippen LogP) is 8.32. The quantitative estimate of drug-likeness (QED) is 0.103. The number of halogens is 2. The van der Waals surface area contributed by atoms with Crippen LogP contribution in [0.2, 0.25) is 0 Å². The SMILES string of the molecule is C=CC[C@@H]1CC2=C3OCCOCCOCCOCCOC[C@@H]4Oc5c(cccc5C/C(C)=C/1OCCOCCCl)CC1=C(OCCOCCCl)[C@H](CC=C1)C4[C@H]3CC=C2. The van der Waals surface area contributed by atoms with Crippen LogP contribution in [-0.4, -0.2) is 117 Å². The van der Waals surface area contributed by atoms with Crippen molar-refractivity contribution in [1.82, 2.24) is 0 Å². The molecule has 0 saturated carbocycles. The van der Waals surface area contributed by atoms with Crippen LogP contribution in [0.15, 0.2) is 89.2 Å². The van der Waals surface area contributed by atoms with Crippen LogP contribution in [0, 0.1) is 23.7 Å². The fourth-order valence-corrected chi connectivity index (χ4v) is 9.13. The number of alkyl halides is 2. The molecule has 0 radical (unpaired) electrons. The van der Waals surface area contributed by atoms with E-state index in [4.69, 9.17) is 70.6 Å². The highest BCUT2D eigenvalue weighted by Gasteiger charge is 2.45. The van der Waals surface area contributed by atoms with Gasteiger partial charge in [0.2, 0.25) is 0 Å². The summed E-state index contributed by atoms with van der Waals surface area (Å²) in [5.41, 5.74) is 5.61. The Morgan fingerprint density at radius 3 is 2.00 bits per heavy atom. The summed E-state index contributed by atoms with van der Waals surface area (Å²) in [6, 6.07) is 6.51. The standard InChI is InChI=1S/C47H64Cl2O10/c1-3-7-35-31-38-10-5-12-40-43-41-13-6-11-39(47(41)57-28-25-51-17-15-49)32-37-9-4-8-36(30-34(2)44(35)56-27-24-50-16-14-48)45(37)59-42(43)33-55-23-22-53-19-18-52-20-21-54-26-29-58-46(38)40/h3-6,8-11,35,40-43H,1,7,12-33H2,2H3/b44-34-/t35-,40-,41-,42+,43?/m1/s1. The Bertz CT molecular complexity index is 1640. The molecule has 6 rings (SSSR count). The zero-order valence-electron chi connectivity index (χ0n) is 34.8. The summed E-state index contributed by atoms with van der Waals surface area (Å²) in [7, 11) is 0. The highest BCUT2D eigenvalue weighted by Crippen LogP contribution is 2.49. The molecule has 5 atom stereocenters. The van der Waals surface area contributed by atoms with Gasteiger partial charge in [-0.3, -0.25) is 0 Å². The van der Waals surface area contributed by atoms with Crippen molar-refractivity contribution in [3.63, 3.8) is 0 Å². The number of para-hydroxylation sites is 1. The summed E-state index contributed by atoms with van der Waals surface area (Å²) in [4.78, 5) is 0. The van der Waals surface area contributed by atoms with Crippen molar-refractivity contribution in [2.45, 2.75) is 51.6 Å². The summed E-state index contributed by atoms with van der Waals surface area (Å²) >= 11 is 11.9. The van der Waals surface area contributed by atoms with Crippen molar-refractivity contribution in [3.8, 4) is 5.75 Å². The van der Waals surface area contributed by atoms with Crippen LogP contribution in [0.1, 0.15) is 43.7 Å². The molecule has 3 heterocycles. The first-order valence-electron chi connectivity index (χ1n) is 21.5. The molecular weight excluding hydrogens is 795 g/mol. The minimum Gasteiger partial charge on any atom is -0.495 e. The molecule has 1 saturated heterocycles. The zero-order chi connectivity index (χ0) is 41.1. The highest BCUT2D eigenvalue weighted by atomic mass is 35.5. The third-order valence-corrected chi connectivity index (χ3v) is 11.7. The van der Waals surface area contributed by atoms with Gasteiger partial charge in [-0.2, -0.15) is 0 Å². The minimum atomic E-state index is -0.365. The van der Waals surface area contributed by atoms with Crippen LogP contribution in [-0.2, 0) is 55.5 Å². The summed E-state index contributed by atoms with van der Waals surface area (Å²) in [6.07, 6.45) is 15.0. The molecule has 1 unspecified atom stereocenters. The number of allylic oxidation sites excluding steroid dienone is 11. The summed E-state index contributed by atoms with van der Waals surface area (Å²) in [5, 5.41) is 0. The summed E-state index contributed by atoms with van der Waals surface area (Å²) in [5.74, 6) is 4.47. The van der Waals surface area contributed by atoms with Gasteiger partial charge in [0.25, 0.3) is 0 Å². The third kappa shape index (κ3) is 13.1. The lowest BCUT2D eigenvalue weighted by atomic mass is 9.69. The summed E-state index contributed by atoms with van der Waals surface area (Å²) in [6.45, 7) is 13.0. The van der Waals surface area contributed by atoms with Gasteiger partial charge >= 0.3 is 0 Å². The lowest BCUT2D eigenvalue weighted by Gasteiger charge is -2.42. The van der Waals surface area contributed by atoms with E-state index in [1.54, 1.807) is 0 Å². The van der Waals surface area contributed by atoms with Gasteiger partial charge in [0, 0.05) is 48.3 Å². The van der Waals surface area contributed by atoms with E-state index in [0.29, 0.717) is 130 Å². The zero-order valence-corrected chi connectivity index (χ0v) is 36.3. The molecule has 326 valence electrons. The van der Waals surface area contributed by atoms with Gasteiger partial charge in [0.05, 0.1) is 85.0 Å². The molecule has 0 N–H and O–H groups in total. The van der Waals surface area contributed by atoms with Crippen LogP contribution in [0.3, 0.4) is 0 Å². The molecule has 3 aliphatic heterocycles. The predicted molar refractivity (Wildman–Crippen MR) is 230 cm³/mol. The Morgan fingerprint density at radius 2 is 1.32 bits per heavy atom. The van der Waals surface area contributed by atoms with Crippen LogP contribution in [0.4, 0.5) is 0 Å². The molecule has 2 aliphatic carbocycles. The molecule has 10 nitrogen and oxygen atoms in total. The van der Waals surface area contributed by atoms with Gasteiger partial charge in [-0.15, -0.1) is 29.8 Å². The average Bonchev–Trinajstić information content (AvgIpc) is 3.26. The number of benzene rings is 1. The van der Waals surface area contributed by atoms with Crippen LogP contribution >= 0.6 is 23.2 Å². The molecule has 12 heteroatoms. The second kappa shape index (κ2) is 25.2. The minimum absolute atomic E-state index is 0.00579. The van der Waals surface area contributed by atoms with Gasteiger partial charge in [-0.05, 0) is 60.5 Å². The molecule has 0 amide bonds. The van der Waals surface area contributed by atoms with Crippen molar-refractivity contribution >= 4 is 23.2 Å². The Hall–Kier alpha value is -2.80. The Morgan fingerprint density at radius 1 is 0.712 bits per heavy atom. The highest BCUT2D eigenvalue weighted by molar-refractivity contribution is 6.18. The topological polar surface area (TPSA) is 92.3 Å². The molecule has 1 aromatic carbocycles. The first-order chi connectivity index (χ1) is 29.1. The first-order valence-corrected chi connectivity index (χ1v) is 22.5. The van der Waals surface area contributed by atoms with Crippen molar-refractivity contribution in [2.75, 3.05) is 111 Å². The van der Waals surface area contributed by atoms with Crippen molar-refractivity contribution in [2.24, 2.45) is 23.7 Å². The molecule has 0 aromatic heterocycles. The van der Waals surface area contributed by atoms with E-state index in [0.717, 1.165) is 70.1 Å². The van der Waals surface area contributed by atoms with E-state index in [1.807, 2.05) is 6.08 Å². The van der Waals surface area contributed by atoms with Gasteiger partial charge < -0.3 is 47.4 Å². The van der Waals surface area contributed by atoms with Gasteiger partial charge in [0.15, 0.2) is 0 Å². The number of hydrogen-bond acceptors (Lipinski definition) is 10. The second-order valence-electron chi connectivity index (χ2n) is 15.4. The second-order valence-corrected chi connectivity index (χ2v) is 16.1. The number of ether oxygens (including phenoxy) is 10. The van der Waals surface area contributed by atoms with Gasteiger partial charge in [-0.25, -0.2) is 0 Å². The normalized spacial score (nSPS) is 27.1. The fourth-order valence-electron chi connectivity index (χ4n) is 8.91. The smallest absolute Gasteiger partial charge is 0.126 e. The largest absolute Gasteiger partial charge is 0.495 e. The van der Waals surface area contributed by atoms with Crippen LogP contribution < -0.4 is 4.74 Å². The number of hydrogen-bond donors (Lipinski definition) is 0. The number of fused-ring (bicyclic) bond motifs is 1. The van der Waals surface area contributed by atoms with E-state index < -0.39 is 0 Å². The van der Waals surface area contributed by atoms with E-state index >= 15 is 0 Å². The van der Waals surface area contributed by atoms with Crippen molar-refractivity contribution in [1.29, 1.82) is 0 Å². The molecule has 1 fully saturated rings. The maximum Gasteiger partial charge on any atom is 0.126 e. The fraction of sp³-hybridized carbons (Fsp3) is 0.617. The molecule has 8 bridgehead atoms. The first kappa shape index (κ1) is 45.7. The molecule has 5 aliphatic rings. The Balaban J connectivity index is 1.52. The summed E-state index contributed by atoms with van der Waals surface area (Å²) < 4.78 is 63.9.